The Balaban J connectivity index is 0.000000231. The summed E-state index contributed by atoms with van der Waals surface area (Å²) in [6, 6.07) is 8.49. The number of para-hydroxylation sites is 1. The monoisotopic (exact) mass is 320 g/mol. The van der Waals surface area contributed by atoms with E-state index >= 15 is 0 Å². The Morgan fingerprint density at radius 2 is 1.61 bits per heavy atom. The van der Waals surface area contributed by atoms with Crippen LogP contribution in [0.15, 0.2) is 36.4 Å². The van der Waals surface area contributed by atoms with Gasteiger partial charge in [0.05, 0.1) is 12.8 Å². The van der Waals surface area contributed by atoms with Gasteiger partial charge in [-0.2, -0.15) is 0 Å². The lowest BCUT2D eigenvalue weighted by Crippen LogP contribution is -2.02. The predicted octanol–water partition coefficient (Wildman–Crippen LogP) is 1.65. The van der Waals surface area contributed by atoms with E-state index in [9.17, 15) is 9.59 Å². The van der Waals surface area contributed by atoms with Gasteiger partial charge in [-0.15, -0.1) is 0 Å². The number of methoxy groups -OCH3 is 1. The maximum absolute atomic E-state index is 10.6. The summed E-state index contributed by atoms with van der Waals surface area (Å²) in [5.41, 5.74) is 11.3. The number of hydrogen-bond acceptors (Lipinski definition) is 6. The van der Waals surface area contributed by atoms with E-state index < -0.39 is 11.9 Å². The number of nitrogen functional groups attached to an aromatic ring is 2. The third-order valence-corrected chi connectivity index (χ3v) is 2.73. The van der Waals surface area contributed by atoms with Crippen molar-refractivity contribution in [1.29, 1.82) is 0 Å². The molecule has 0 aliphatic carbocycles. The van der Waals surface area contributed by atoms with Gasteiger partial charge >= 0.3 is 11.9 Å². The van der Waals surface area contributed by atoms with Crippen molar-refractivity contribution in [3.05, 3.63) is 47.5 Å². The first-order valence-electron chi connectivity index (χ1n) is 6.25. The molecule has 0 aliphatic rings. The predicted molar refractivity (Wildman–Crippen MR) is 83.8 cm³/mol. The summed E-state index contributed by atoms with van der Waals surface area (Å²) in [6.45, 7) is 0. The van der Waals surface area contributed by atoms with Crippen LogP contribution < -0.4 is 16.2 Å². The van der Waals surface area contributed by atoms with E-state index in [0.717, 1.165) is 0 Å². The molecule has 0 saturated heterocycles. The molecule has 0 radical (unpaired) electrons. The van der Waals surface area contributed by atoms with E-state index in [1.54, 1.807) is 12.1 Å². The van der Waals surface area contributed by atoms with Crippen LogP contribution in [0.25, 0.3) is 0 Å². The molecule has 8 heteroatoms. The fourth-order valence-corrected chi connectivity index (χ4v) is 1.68. The third kappa shape index (κ3) is 4.53. The average Bonchev–Trinajstić information content (AvgIpc) is 2.49. The molecule has 0 saturated carbocycles. The first kappa shape index (κ1) is 17.6. The van der Waals surface area contributed by atoms with E-state index in [4.69, 9.17) is 31.5 Å². The molecule has 0 aliphatic heterocycles. The Bertz CT molecular complexity index is 730. The summed E-state index contributed by atoms with van der Waals surface area (Å²) >= 11 is 0. The highest BCUT2D eigenvalue weighted by Crippen LogP contribution is 2.25. The molecule has 2 aromatic carbocycles. The average molecular weight is 320 g/mol. The molecule has 0 fully saturated rings. The van der Waals surface area contributed by atoms with Gasteiger partial charge < -0.3 is 31.5 Å². The molecule has 0 unspecified atom stereocenters. The first-order valence-corrected chi connectivity index (χ1v) is 6.25. The maximum atomic E-state index is 10.6. The van der Waals surface area contributed by atoms with Crippen LogP contribution in [-0.4, -0.2) is 34.4 Å². The number of rotatable bonds is 3. The fourth-order valence-electron chi connectivity index (χ4n) is 1.68. The Morgan fingerprint density at radius 1 is 1.00 bits per heavy atom. The van der Waals surface area contributed by atoms with E-state index in [-0.39, 0.29) is 22.6 Å². The zero-order valence-corrected chi connectivity index (χ0v) is 12.2. The summed E-state index contributed by atoms with van der Waals surface area (Å²) in [6.07, 6.45) is 0. The Kier molecular flexibility index (Phi) is 5.79. The van der Waals surface area contributed by atoms with Gasteiger partial charge in [-0.05, 0) is 30.3 Å². The molecular weight excluding hydrogens is 304 g/mol. The molecule has 0 spiro atoms. The fraction of sp³-hybridized carbons (Fsp3) is 0.0667. The highest BCUT2D eigenvalue weighted by atomic mass is 16.5. The minimum absolute atomic E-state index is 0.0810. The van der Waals surface area contributed by atoms with Crippen LogP contribution in [0.4, 0.5) is 11.4 Å². The number of hydrogen-bond donors (Lipinski definition) is 5. The number of benzene rings is 2. The maximum Gasteiger partial charge on any atom is 0.339 e. The van der Waals surface area contributed by atoms with Crippen molar-refractivity contribution in [2.24, 2.45) is 0 Å². The highest BCUT2D eigenvalue weighted by molar-refractivity contribution is 5.93. The zero-order chi connectivity index (χ0) is 17.6. The molecule has 0 amide bonds. The number of nitrogens with two attached hydrogens (primary N) is 2. The number of aromatic hydroxyl groups is 1. The lowest BCUT2D eigenvalue weighted by Gasteiger charge is -2.06. The summed E-state index contributed by atoms with van der Waals surface area (Å²) in [7, 11) is 1.39. The molecule has 0 atom stereocenters. The molecule has 7 N–H and O–H groups in total. The minimum atomic E-state index is -1.19. The van der Waals surface area contributed by atoms with E-state index in [1.807, 2.05) is 0 Å². The number of aromatic carboxylic acids is 2. The SMILES string of the molecule is COc1c(N)cccc1C(=O)O.Nc1ccc(O)c(C(=O)O)c1. The summed E-state index contributed by atoms with van der Waals surface area (Å²) in [5.74, 6) is -2.29. The van der Waals surface area contributed by atoms with E-state index in [2.05, 4.69) is 0 Å². The Hall–Kier alpha value is -3.42. The molecule has 23 heavy (non-hydrogen) atoms. The van der Waals surface area contributed by atoms with Gasteiger partial charge in [-0.3, -0.25) is 0 Å². The highest BCUT2D eigenvalue weighted by Gasteiger charge is 2.12. The summed E-state index contributed by atoms with van der Waals surface area (Å²) in [5, 5.41) is 26.1. The van der Waals surface area contributed by atoms with Gasteiger partial charge in [0.15, 0.2) is 5.75 Å². The van der Waals surface area contributed by atoms with Crippen molar-refractivity contribution in [3.63, 3.8) is 0 Å². The van der Waals surface area contributed by atoms with Crippen LogP contribution in [0.1, 0.15) is 20.7 Å². The second-order valence-electron chi connectivity index (χ2n) is 4.31. The minimum Gasteiger partial charge on any atom is -0.507 e. The molecule has 0 bridgehead atoms. The first-order chi connectivity index (χ1) is 10.8. The Labute approximate surface area is 131 Å². The number of carbonyl (C=O) groups is 2. The molecule has 8 nitrogen and oxygen atoms in total. The van der Waals surface area contributed by atoms with Crippen LogP contribution in [0.5, 0.6) is 11.5 Å². The summed E-state index contributed by atoms with van der Waals surface area (Å²) < 4.78 is 4.83. The van der Waals surface area contributed by atoms with Crippen molar-refractivity contribution < 1.29 is 29.6 Å². The second-order valence-corrected chi connectivity index (χ2v) is 4.31. The van der Waals surface area contributed by atoms with Gasteiger partial charge in [0.2, 0.25) is 0 Å². The Morgan fingerprint density at radius 3 is 2.04 bits per heavy atom. The number of carboxylic acid groups (broad SMARTS) is 2. The largest absolute Gasteiger partial charge is 0.507 e. The van der Waals surface area contributed by atoms with E-state index in [1.165, 1.54) is 31.4 Å². The number of anilines is 2. The van der Waals surface area contributed by atoms with Gasteiger partial charge in [-0.25, -0.2) is 9.59 Å². The molecule has 0 aromatic heterocycles. The summed E-state index contributed by atoms with van der Waals surface area (Å²) in [4.78, 5) is 21.0. The number of carboxylic acids is 2. The van der Waals surface area contributed by atoms with Gasteiger partial charge in [-0.1, -0.05) is 6.07 Å². The van der Waals surface area contributed by atoms with Crippen LogP contribution >= 0.6 is 0 Å². The molecule has 122 valence electrons. The van der Waals surface area contributed by atoms with Crippen molar-refractivity contribution in [3.8, 4) is 11.5 Å². The van der Waals surface area contributed by atoms with Crippen molar-refractivity contribution in [2.75, 3.05) is 18.6 Å². The van der Waals surface area contributed by atoms with Crippen LogP contribution in [0.3, 0.4) is 0 Å². The molecule has 2 rings (SSSR count). The van der Waals surface area contributed by atoms with Gasteiger partial charge in [0.25, 0.3) is 0 Å². The second kappa shape index (κ2) is 7.55. The topological polar surface area (TPSA) is 156 Å². The third-order valence-electron chi connectivity index (χ3n) is 2.73. The van der Waals surface area contributed by atoms with Crippen LogP contribution in [0, 0.1) is 0 Å². The van der Waals surface area contributed by atoms with Crippen LogP contribution in [0.2, 0.25) is 0 Å². The van der Waals surface area contributed by atoms with Crippen molar-refractivity contribution in [2.45, 2.75) is 0 Å². The normalized spacial score (nSPS) is 9.43. The quantitative estimate of drug-likeness (QED) is 0.422. The standard InChI is InChI=1S/C8H9NO3.C7H7NO3/c1-12-7-5(8(10)11)3-2-4-6(7)9;8-4-1-2-6(9)5(3-4)7(10)11/h2-4H,9H2,1H3,(H,10,11);1-3,9H,8H2,(H,10,11). The smallest absolute Gasteiger partial charge is 0.339 e. The molecule has 2 aromatic rings. The van der Waals surface area contributed by atoms with Gasteiger partial charge in [0, 0.05) is 5.69 Å². The lowest BCUT2D eigenvalue weighted by atomic mass is 10.2. The molecular formula is C15H16N2O6. The zero-order valence-electron chi connectivity index (χ0n) is 12.2. The lowest BCUT2D eigenvalue weighted by molar-refractivity contribution is 0.0682. The number of phenols is 1. The van der Waals surface area contributed by atoms with Crippen LogP contribution in [-0.2, 0) is 0 Å². The van der Waals surface area contributed by atoms with Crippen molar-refractivity contribution in [1.82, 2.24) is 0 Å². The number of ether oxygens (including phenoxy) is 1. The van der Waals surface area contributed by atoms with Gasteiger partial charge in [0.1, 0.15) is 16.9 Å². The van der Waals surface area contributed by atoms with E-state index in [0.29, 0.717) is 11.4 Å². The van der Waals surface area contributed by atoms with Crippen molar-refractivity contribution >= 4 is 23.3 Å². The molecule has 0 heterocycles.